The van der Waals surface area contributed by atoms with E-state index in [0.717, 1.165) is 5.56 Å². The summed E-state index contributed by atoms with van der Waals surface area (Å²) >= 11 is 0. The van der Waals surface area contributed by atoms with Crippen molar-refractivity contribution in [2.75, 3.05) is 27.3 Å². The topological polar surface area (TPSA) is 46.6 Å². The Bertz CT molecular complexity index is 457. The fourth-order valence-electron chi connectivity index (χ4n) is 1.51. The average molecular weight is 257 g/mol. The smallest absolute Gasteiger partial charge is 0.242 e. The third-order valence-corrected chi connectivity index (χ3v) is 4.37. The van der Waals surface area contributed by atoms with Crippen molar-refractivity contribution >= 4 is 10.0 Å². The van der Waals surface area contributed by atoms with Crippen molar-refractivity contribution in [1.29, 1.82) is 0 Å². The zero-order chi connectivity index (χ0) is 12.9. The quantitative estimate of drug-likeness (QED) is 0.728. The van der Waals surface area contributed by atoms with Crippen LogP contribution < -0.4 is 0 Å². The predicted molar refractivity (Wildman–Crippen MR) is 67.5 cm³/mol. The van der Waals surface area contributed by atoms with Gasteiger partial charge in [0, 0.05) is 27.3 Å². The highest BCUT2D eigenvalue weighted by Crippen LogP contribution is 2.15. The standard InChI is InChI=1S/C12H19NO3S/c1-11-6-4-7-12(10-11)17(14,15)13(2)8-5-9-16-3/h4,6-7,10H,5,8-9H2,1-3H3. The Morgan fingerprint density at radius 2 is 2.06 bits per heavy atom. The Morgan fingerprint density at radius 3 is 2.65 bits per heavy atom. The first-order valence-electron chi connectivity index (χ1n) is 5.50. The van der Waals surface area contributed by atoms with Crippen molar-refractivity contribution in [1.82, 2.24) is 4.31 Å². The molecule has 17 heavy (non-hydrogen) atoms. The number of rotatable bonds is 6. The Hall–Kier alpha value is -0.910. The zero-order valence-electron chi connectivity index (χ0n) is 10.5. The van der Waals surface area contributed by atoms with Gasteiger partial charge >= 0.3 is 0 Å². The Balaban J connectivity index is 2.80. The van der Waals surface area contributed by atoms with Crippen LogP contribution in [-0.4, -0.2) is 40.0 Å². The first-order valence-corrected chi connectivity index (χ1v) is 6.94. The zero-order valence-corrected chi connectivity index (χ0v) is 11.3. The van der Waals surface area contributed by atoms with Crippen LogP contribution in [0.1, 0.15) is 12.0 Å². The van der Waals surface area contributed by atoms with Crippen molar-refractivity contribution in [3.63, 3.8) is 0 Å². The number of ether oxygens (including phenoxy) is 1. The molecule has 4 nitrogen and oxygen atoms in total. The molecule has 0 amide bonds. The van der Waals surface area contributed by atoms with E-state index in [4.69, 9.17) is 4.74 Å². The predicted octanol–water partition coefficient (Wildman–Crippen LogP) is 1.65. The van der Waals surface area contributed by atoms with Gasteiger partial charge in [0.15, 0.2) is 0 Å². The summed E-state index contributed by atoms with van der Waals surface area (Å²) in [7, 11) is -0.167. The number of hydrogen-bond donors (Lipinski definition) is 0. The molecule has 0 fully saturated rings. The number of nitrogens with zero attached hydrogens (tertiary/aromatic N) is 1. The highest BCUT2D eigenvalue weighted by molar-refractivity contribution is 7.89. The van der Waals surface area contributed by atoms with Crippen molar-refractivity contribution in [3.8, 4) is 0 Å². The number of sulfonamides is 1. The molecular weight excluding hydrogens is 238 g/mol. The van der Waals surface area contributed by atoms with Crippen molar-refractivity contribution < 1.29 is 13.2 Å². The minimum absolute atomic E-state index is 0.345. The fraction of sp³-hybridized carbons (Fsp3) is 0.500. The van der Waals surface area contributed by atoms with Gasteiger partial charge in [-0.05, 0) is 31.0 Å². The maximum absolute atomic E-state index is 12.2. The molecule has 0 spiro atoms. The van der Waals surface area contributed by atoms with Gasteiger partial charge in [0.2, 0.25) is 10.0 Å². The summed E-state index contributed by atoms with van der Waals surface area (Å²) < 4.78 is 30.6. The summed E-state index contributed by atoms with van der Waals surface area (Å²) in [6.07, 6.45) is 0.693. The van der Waals surface area contributed by atoms with Gasteiger partial charge in [0.1, 0.15) is 0 Å². The lowest BCUT2D eigenvalue weighted by Crippen LogP contribution is -2.28. The third kappa shape index (κ3) is 3.80. The molecule has 0 aromatic heterocycles. The summed E-state index contributed by atoms with van der Waals surface area (Å²) in [6, 6.07) is 6.94. The highest BCUT2D eigenvalue weighted by atomic mass is 32.2. The molecule has 0 heterocycles. The third-order valence-electron chi connectivity index (χ3n) is 2.52. The second-order valence-electron chi connectivity index (χ2n) is 3.99. The Labute approximate surface area is 103 Å². The molecule has 0 unspecified atom stereocenters. The van der Waals surface area contributed by atoms with Crippen LogP contribution in [0.5, 0.6) is 0 Å². The van der Waals surface area contributed by atoms with Gasteiger partial charge in [0.05, 0.1) is 4.90 Å². The van der Waals surface area contributed by atoms with E-state index in [1.165, 1.54) is 4.31 Å². The number of aryl methyl sites for hydroxylation is 1. The Morgan fingerprint density at radius 1 is 1.35 bits per heavy atom. The van der Waals surface area contributed by atoms with Gasteiger partial charge in [-0.15, -0.1) is 0 Å². The summed E-state index contributed by atoms with van der Waals surface area (Å²) in [4.78, 5) is 0.345. The molecular formula is C12H19NO3S. The summed E-state index contributed by atoms with van der Waals surface area (Å²) in [6.45, 7) is 2.90. The molecule has 1 rings (SSSR count). The van der Waals surface area contributed by atoms with E-state index < -0.39 is 10.0 Å². The highest BCUT2D eigenvalue weighted by Gasteiger charge is 2.19. The van der Waals surface area contributed by atoms with Crippen LogP contribution in [0.4, 0.5) is 0 Å². The van der Waals surface area contributed by atoms with Gasteiger partial charge in [0.25, 0.3) is 0 Å². The molecule has 0 atom stereocenters. The van der Waals surface area contributed by atoms with E-state index in [1.54, 1.807) is 32.4 Å². The Kier molecular flexibility index (Phi) is 5.11. The van der Waals surface area contributed by atoms with Crippen LogP contribution in [0, 0.1) is 6.92 Å². The minimum Gasteiger partial charge on any atom is -0.385 e. The minimum atomic E-state index is -3.36. The average Bonchev–Trinajstić information content (AvgIpc) is 2.29. The van der Waals surface area contributed by atoms with Crippen molar-refractivity contribution in [2.24, 2.45) is 0 Å². The molecule has 0 N–H and O–H groups in total. The van der Waals surface area contributed by atoms with Crippen LogP contribution in [0.2, 0.25) is 0 Å². The van der Waals surface area contributed by atoms with Gasteiger partial charge < -0.3 is 4.74 Å². The molecule has 0 radical (unpaired) electrons. The second kappa shape index (κ2) is 6.14. The van der Waals surface area contributed by atoms with Gasteiger partial charge in [-0.25, -0.2) is 12.7 Å². The van der Waals surface area contributed by atoms with E-state index in [0.29, 0.717) is 24.5 Å². The largest absolute Gasteiger partial charge is 0.385 e. The molecule has 0 aliphatic carbocycles. The van der Waals surface area contributed by atoms with E-state index in [-0.39, 0.29) is 0 Å². The molecule has 1 aromatic carbocycles. The molecule has 96 valence electrons. The van der Waals surface area contributed by atoms with Gasteiger partial charge in [-0.3, -0.25) is 0 Å². The van der Waals surface area contributed by atoms with Gasteiger partial charge in [-0.2, -0.15) is 0 Å². The van der Waals surface area contributed by atoms with E-state index in [9.17, 15) is 8.42 Å². The summed E-state index contributed by atoms with van der Waals surface area (Å²) in [5.74, 6) is 0. The van der Waals surface area contributed by atoms with Crippen LogP contribution in [0.25, 0.3) is 0 Å². The first kappa shape index (κ1) is 14.2. The van der Waals surface area contributed by atoms with Crippen LogP contribution in [-0.2, 0) is 14.8 Å². The lowest BCUT2D eigenvalue weighted by Gasteiger charge is -2.17. The molecule has 0 bridgehead atoms. The lowest BCUT2D eigenvalue weighted by molar-refractivity contribution is 0.189. The number of benzene rings is 1. The molecule has 0 saturated heterocycles. The van der Waals surface area contributed by atoms with Crippen LogP contribution in [0.15, 0.2) is 29.2 Å². The van der Waals surface area contributed by atoms with Crippen molar-refractivity contribution in [2.45, 2.75) is 18.2 Å². The lowest BCUT2D eigenvalue weighted by atomic mass is 10.2. The summed E-state index contributed by atoms with van der Waals surface area (Å²) in [5, 5.41) is 0. The molecule has 5 heteroatoms. The van der Waals surface area contributed by atoms with Crippen LogP contribution >= 0.6 is 0 Å². The number of hydrogen-bond acceptors (Lipinski definition) is 3. The maximum atomic E-state index is 12.2. The SMILES string of the molecule is COCCCN(C)S(=O)(=O)c1cccc(C)c1. The summed E-state index contributed by atoms with van der Waals surface area (Å²) in [5.41, 5.74) is 0.941. The molecule has 1 aromatic rings. The molecule has 0 aliphatic heterocycles. The fourth-order valence-corrected chi connectivity index (χ4v) is 2.82. The van der Waals surface area contributed by atoms with Crippen LogP contribution in [0.3, 0.4) is 0 Å². The van der Waals surface area contributed by atoms with E-state index >= 15 is 0 Å². The normalized spacial score (nSPS) is 12.0. The van der Waals surface area contributed by atoms with E-state index in [2.05, 4.69) is 0 Å². The van der Waals surface area contributed by atoms with E-state index in [1.807, 2.05) is 13.0 Å². The molecule has 0 saturated carbocycles. The number of methoxy groups -OCH3 is 1. The second-order valence-corrected chi connectivity index (χ2v) is 6.03. The molecule has 0 aliphatic rings. The maximum Gasteiger partial charge on any atom is 0.242 e. The van der Waals surface area contributed by atoms with Gasteiger partial charge in [-0.1, -0.05) is 12.1 Å². The van der Waals surface area contributed by atoms with Crippen molar-refractivity contribution in [3.05, 3.63) is 29.8 Å². The first-order chi connectivity index (χ1) is 7.98. The monoisotopic (exact) mass is 257 g/mol.